The van der Waals surface area contributed by atoms with E-state index < -0.39 is 21.8 Å². The summed E-state index contributed by atoms with van der Waals surface area (Å²) in [5.74, 6) is -1.25. The minimum Gasteiger partial charge on any atom is -0.350 e. The third-order valence-corrected chi connectivity index (χ3v) is 6.34. The number of rotatable bonds is 9. The molecule has 2 aromatic rings. The zero-order chi connectivity index (χ0) is 21.4. The Morgan fingerprint density at radius 1 is 0.931 bits per heavy atom. The molecule has 7 nitrogen and oxygen atoms in total. The molecular formula is C20H24FN3O4S. The highest BCUT2D eigenvalue weighted by molar-refractivity contribution is 7.89. The maximum Gasteiger partial charge on any atom is 0.251 e. The highest BCUT2D eigenvalue weighted by atomic mass is 32.2. The smallest absolute Gasteiger partial charge is 0.251 e. The fourth-order valence-electron chi connectivity index (χ4n) is 2.62. The number of carbonyl (C=O) groups is 2. The van der Waals surface area contributed by atoms with Gasteiger partial charge in [-0.3, -0.25) is 9.59 Å². The van der Waals surface area contributed by atoms with E-state index in [1.807, 2.05) is 0 Å². The molecule has 0 fully saturated rings. The number of carbonyl (C=O) groups excluding carboxylic acids is 2. The monoisotopic (exact) mass is 421 g/mol. The van der Waals surface area contributed by atoms with Crippen molar-refractivity contribution in [2.75, 3.05) is 19.6 Å². The lowest BCUT2D eigenvalue weighted by atomic mass is 10.2. The van der Waals surface area contributed by atoms with Crippen molar-refractivity contribution in [3.05, 3.63) is 65.5 Å². The van der Waals surface area contributed by atoms with Gasteiger partial charge in [0, 0.05) is 25.2 Å². The number of nitrogens with one attached hydrogen (secondary N) is 2. The molecule has 0 saturated heterocycles. The van der Waals surface area contributed by atoms with Crippen LogP contribution in [0.2, 0.25) is 0 Å². The predicted molar refractivity (Wildman–Crippen MR) is 107 cm³/mol. The van der Waals surface area contributed by atoms with Gasteiger partial charge in [0.25, 0.3) is 5.91 Å². The molecule has 9 heteroatoms. The van der Waals surface area contributed by atoms with Crippen molar-refractivity contribution in [1.29, 1.82) is 0 Å². The highest BCUT2D eigenvalue weighted by Gasteiger charge is 2.21. The summed E-state index contributed by atoms with van der Waals surface area (Å²) in [5.41, 5.74) is 0.978. The number of hydrogen-bond acceptors (Lipinski definition) is 4. The van der Waals surface area contributed by atoms with Gasteiger partial charge in [0.15, 0.2) is 0 Å². The number of benzene rings is 2. The first kappa shape index (κ1) is 22.5. The van der Waals surface area contributed by atoms with Crippen LogP contribution in [0.1, 0.15) is 29.8 Å². The Balaban J connectivity index is 1.89. The molecule has 156 valence electrons. The van der Waals surface area contributed by atoms with Crippen molar-refractivity contribution in [3.63, 3.8) is 0 Å². The van der Waals surface area contributed by atoms with Crippen LogP contribution in [0, 0.1) is 5.82 Å². The molecule has 2 amide bonds. The second-order valence-electron chi connectivity index (χ2n) is 6.20. The summed E-state index contributed by atoms with van der Waals surface area (Å²) in [7, 11) is -3.59. The van der Waals surface area contributed by atoms with Gasteiger partial charge in [-0.25, -0.2) is 12.8 Å². The molecule has 0 bridgehead atoms. The van der Waals surface area contributed by atoms with Gasteiger partial charge < -0.3 is 10.6 Å². The van der Waals surface area contributed by atoms with Crippen LogP contribution in [-0.2, 0) is 21.4 Å². The molecule has 0 aliphatic rings. The summed E-state index contributed by atoms with van der Waals surface area (Å²) < 4.78 is 39.1. The standard InChI is InChI=1S/C20H24FN3O4S/c1-3-24(4-2)29(27,28)18-11-7-16(8-12-18)20(26)23-14-19(25)22-13-15-5-9-17(21)10-6-15/h5-12H,3-4,13-14H2,1-2H3,(H,22,25)(H,23,26). The van der Waals surface area contributed by atoms with Gasteiger partial charge in [-0.2, -0.15) is 4.31 Å². The van der Waals surface area contributed by atoms with Crippen LogP contribution in [0.4, 0.5) is 4.39 Å². The second kappa shape index (κ2) is 10.1. The summed E-state index contributed by atoms with van der Waals surface area (Å²) in [5, 5.41) is 5.10. The average Bonchev–Trinajstić information content (AvgIpc) is 2.72. The third kappa shape index (κ3) is 6.10. The lowest BCUT2D eigenvalue weighted by molar-refractivity contribution is -0.120. The minimum atomic E-state index is -3.59. The molecule has 2 rings (SSSR count). The Labute approximate surface area is 170 Å². The van der Waals surface area contributed by atoms with Crippen molar-refractivity contribution < 1.29 is 22.4 Å². The van der Waals surface area contributed by atoms with Crippen LogP contribution in [0.3, 0.4) is 0 Å². The lowest BCUT2D eigenvalue weighted by Gasteiger charge is -2.18. The molecule has 2 aromatic carbocycles. The predicted octanol–water partition coefficient (Wildman–Crippen LogP) is 1.90. The molecule has 0 radical (unpaired) electrons. The molecule has 0 saturated carbocycles. The number of nitrogens with zero attached hydrogens (tertiary/aromatic N) is 1. The quantitative estimate of drug-likeness (QED) is 0.647. The SMILES string of the molecule is CCN(CC)S(=O)(=O)c1ccc(C(=O)NCC(=O)NCc2ccc(F)cc2)cc1. The van der Waals surface area contributed by atoms with Crippen LogP contribution >= 0.6 is 0 Å². The second-order valence-corrected chi connectivity index (χ2v) is 8.14. The average molecular weight is 421 g/mol. The molecule has 0 aliphatic heterocycles. The van der Waals surface area contributed by atoms with Crippen molar-refractivity contribution in [3.8, 4) is 0 Å². The third-order valence-electron chi connectivity index (χ3n) is 4.27. The lowest BCUT2D eigenvalue weighted by Crippen LogP contribution is -2.36. The van der Waals surface area contributed by atoms with Gasteiger partial charge in [-0.1, -0.05) is 26.0 Å². The van der Waals surface area contributed by atoms with Gasteiger partial charge in [0.1, 0.15) is 5.82 Å². The van der Waals surface area contributed by atoms with E-state index in [0.29, 0.717) is 13.1 Å². The Kier molecular flexibility index (Phi) is 7.86. The van der Waals surface area contributed by atoms with E-state index in [9.17, 15) is 22.4 Å². The summed E-state index contributed by atoms with van der Waals surface area (Å²) in [4.78, 5) is 24.1. The Morgan fingerprint density at radius 3 is 2.07 bits per heavy atom. The molecule has 2 N–H and O–H groups in total. The molecule has 29 heavy (non-hydrogen) atoms. The van der Waals surface area contributed by atoms with Crippen LogP contribution in [0.15, 0.2) is 53.4 Å². The zero-order valence-corrected chi connectivity index (χ0v) is 17.1. The minimum absolute atomic E-state index is 0.106. The fourth-order valence-corrected chi connectivity index (χ4v) is 4.08. The van der Waals surface area contributed by atoms with Crippen molar-refractivity contribution in [1.82, 2.24) is 14.9 Å². The number of halogens is 1. The van der Waals surface area contributed by atoms with Gasteiger partial charge >= 0.3 is 0 Å². The van der Waals surface area contributed by atoms with Gasteiger partial charge in [0.05, 0.1) is 11.4 Å². The molecule has 0 aliphatic carbocycles. The molecule has 0 unspecified atom stereocenters. The number of amides is 2. The molecule has 0 spiro atoms. The number of hydrogen-bond donors (Lipinski definition) is 2. The number of sulfonamides is 1. The summed E-state index contributed by atoms with van der Waals surface area (Å²) in [6.07, 6.45) is 0. The van der Waals surface area contributed by atoms with Crippen LogP contribution in [0.25, 0.3) is 0 Å². The van der Waals surface area contributed by atoms with E-state index in [4.69, 9.17) is 0 Å². The largest absolute Gasteiger partial charge is 0.350 e. The first-order valence-corrected chi connectivity index (χ1v) is 10.6. The van der Waals surface area contributed by atoms with Gasteiger partial charge in [0.2, 0.25) is 15.9 Å². The van der Waals surface area contributed by atoms with Crippen molar-refractivity contribution in [2.24, 2.45) is 0 Å². The summed E-state index contributed by atoms with van der Waals surface area (Å²) in [6.45, 7) is 4.20. The van der Waals surface area contributed by atoms with Crippen LogP contribution < -0.4 is 10.6 Å². The Morgan fingerprint density at radius 2 is 1.52 bits per heavy atom. The first-order valence-electron chi connectivity index (χ1n) is 9.17. The molecular weight excluding hydrogens is 397 g/mol. The fraction of sp³-hybridized carbons (Fsp3) is 0.300. The van der Waals surface area contributed by atoms with Crippen molar-refractivity contribution >= 4 is 21.8 Å². The van der Waals surface area contributed by atoms with E-state index in [1.165, 1.54) is 40.7 Å². The highest BCUT2D eigenvalue weighted by Crippen LogP contribution is 2.16. The zero-order valence-electron chi connectivity index (χ0n) is 16.3. The van der Waals surface area contributed by atoms with E-state index in [0.717, 1.165) is 5.56 Å². The molecule has 0 atom stereocenters. The maximum atomic E-state index is 12.9. The van der Waals surface area contributed by atoms with E-state index in [-0.39, 0.29) is 29.4 Å². The topological polar surface area (TPSA) is 95.6 Å². The molecule has 0 aromatic heterocycles. The molecule has 0 heterocycles. The maximum absolute atomic E-state index is 12.9. The van der Waals surface area contributed by atoms with Crippen LogP contribution in [0.5, 0.6) is 0 Å². The Hall–Kier alpha value is -2.78. The summed E-state index contributed by atoms with van der Waals surface area (Å²) in [6, 6.07) is 11.3. The van der Waals surface area contributed by atoms with E-state index in [1.54, 1.807) is 26.0 Å². The van der Waals surface area contributed by atoms with E-state index in [2.05, 4.69) is 10.6 Å². The van der Waals surface area contributed by atoms with Crippen LogP contribution in [-0.4, -0.2) is 44.2 Å². The van der Waals surface area contributed by atoms with E-state index >= 15 is 0 Å². The summed E-state index contributed by atoms with van der Waals surface area (Å²) >= 11 is 0. The Bertz CT molecular complexity index is 941. The van der Waals surface area contributed by atoms with Gasteiger partial charge in [-0.05, 0) is 42.0 Å². The first-order chi connectivity index (χ1) is 13.8. The van der Waals surface area contributed by atoms with Crippen molar-refractivity contribution in [2.45, 2.75) is 25.3 Å². The van der Waals surface area contributed by atoms with Gasteiger partial charge in [-0.15, -0.1) is 0 Å². The normalized spacial score (nSPS) is 11.3.